The summed E-state index contributed by atoms with van der Waals surface area (Å²) < 4.78 is 68.0. The van der Waals surface area contributed by atoms with Gasteiger partial charge >= 0.3 is 13.9 Å². The number of carbonyl (C=O) groups excluding carboxylic acids is 1. The molecule has 2 heterocycles. The van der Waals surface area contributed by atoms with Crippen LogP contribution in [0.2, 0.25) is 0 Å². The van der Waals surface area contributed by atoms with E-state index in [9.17, 15) is 27.6 Å². The van der Waals surface area contributed by atoms with E-state index in [2.05, 4.69) is 5.32 Å². The zero-order valence-electron chi connectivity index (χ0n) is 24.3. The first kappa shape index (κ1) is 33.3. The number of amides is 1. The average Bonchev–Trinajstić information content (AvgIpc) is 3.57. The first-order valence-corrected chi connectivity index (χ1v) is 16.9. The summed E-state index contributed by atoms with van der Waals surface area (Å²) in [6.07, 6.45) is -2.62. The molecule has 238 valence electrons. The van der Waals surface area contributed by atoms with E-state index in [-0.39, 0.29) is 36.3 Å². The molecule has 15 heteroatoms. The molecule has 0 radical (unpaired) electrons. The highest BCUT2D eigenvalue weighted by molar-refractivity contribution is 7.89. The second-order valence-electron chi connectivity index (χ2n) is 10.9. The largest absolute Gasteiger partial charge is 0.497 e. The van der Waals surface area contributed by atoms with Gasteiger partial charge in [-0.2, -0.15) is 4.31 Å². The van der Waals surface area contributed by atoms with Crippen LogP contribution in [0.4, 0.5) is 4.79 Å². The number of rotatable bonds is 14. The van der Waals surface area contributed by atoms with Gasteiger partial charge in [-0.1, -0.05) is 44.2 Å². The maximum absolute atomic E-state index is 13.8. The van der Waals surface area contributed by atoms with Gasteiger partial charge in [0.2, 0.25) is 10.0 Å². The van der Waals surface area contributed by atoms with Gasteiger partial charge in [-0.25, -0.2) is 17.8 Å². The van der Waals surface area contributed by atoms with Crippen molar-refractivity contribution < 1.29 is 51.0 Å². The molecule has 2 aromatic rings. The smallest absolute Gasteiger partial charge is 0.469 e. The summed E-state index contributed by atoms with van der Waals surface area (Å²) in [5.74, 6) is 0.181. The molecule has 2 aliphatic rings. The lowest BCUT2D eigenvalue weighted by molar-refractivity contribution is -0.0907. The fourth-order valence-corrected chi connectivity index (χ4v) is 7.38. The number of sulfonamides is 1. The first-order valence-electron chi connectivity index (χ1n) is 14.0. The van der Waals surface area contributed by atoms with Gasteiger partial charge in [0.15, 0.2) is 6.29 Å². The molecule has 2 fully saturated rings. The lowest BCUT2D eigenvalue weighted by atomic mass is 10.0. The highest BCUT2D eigenvalue weighted by Gasteiger charge is 2.44. The number of nitrogens with one attached hydrogen (secondary N) is 1. The Labute approximate surface area is 251 Å². The van der Waals surface area contributed by atoms with Crippen LogP contribution in [0.3, 0.4) is 0 Å². The zero-order chi connectivity index (χ0) is 31.2. The summed E-state index contributed by atoms with van der Waals surface area (Å²) in [6, 6.07) is 13.6. The molecule has 0 spiro atoms. The maximum Gasteiger partial charge on any atom is 0.469 e. The van der Waals surface area contributed by atoms with Gasteiger partial charge in [-0.05, 0) is 48.6 Å². The predicted molar refractivity (Wildman–Crippen MR) is 155 cm³/mol. The van der Waals surface area contributed by atoms with Crippen LogP contribution in [0.15, 0.2) is 59.5 Å². The molecule has 4 rings (SSSR count). The number of carbonyl (C=O) groups is 1. The summed E-state index contributed by atoms with van der Waals surface area (Å²) >= 11 is 0. The van der Waals surface area contributed by atoms with Gasteiger partial charge in [0.25, 0.3) is 0 Å². The van der Waals surface area contributed by atoms with Crippen LogP contribution >= 0.6 is 7.82 Å². The summed E-state index contributed by atoms with van der Waals surface area (Å²) in [6.45, 7) is 3.81. The molecule has 3 N–H and O–H groups in total. The Morgan fingerprint density at radius 2 is 1.79 bits per heavy atom. The van der Waals surface area contributed by atoms with E-state index in [0.29, 0.717) is 24.3 Å². The summed E-state index contributed by atoms with van der Waals surface area (Å²) in [7, 11) is -7.86. The van der Waals surface area contributed by atoms with E-state index in [1.165, 1.54) is 31.4 Å². The Morgan fingerprint density at radius 1 is 1.09 bits per heavy atom. The van der Waals surface area contributed by atoms with Crippen molar-refractivity contribution in [3.63, 3.8) is 0 Å². The number of benzene rings is 2. The van der Waals surface area contributed by atoms with Gasteiger partial charge < -0.3 is 34.1 Å². The number of phosphoric acid groups is 1. The van der Waals surface area contributed by atoms with Crippen LogP contribution < -0.4 is 10.1 Å². The zero-order valence-corrected chi connectivity index (χ0v) is 26.0. The van der Waals surface area contributed by atoms with Gasteiger partial charge in [0.05, 0.1) is 37.2 Å². The molecule has 43 heavy (non-hydrogen) atoms. The Hall–Kier alpha value is -2.55. The molecule has 0 saturated carbocycles. The fourth-order valence-electron chi connectivity index (χ4n) is 5.20. The molecule has 2 aromatic carbocycles. The third kappa shape index (κ3) is 9.22. The average molecular weight is 643 g/mol. The van der Waals surface area contributed by atoms with Crippen molar-refractivity contribution in [2.45, 2.75) is 56.1 Å². The standard InChI is InChI=1S/C28H39N2O11PS/c1-19(2)16-30(43(35,36)22-11-9-21(37-3)10-12-22)17-25(41-42(32,33)34)24(15-20-7-5-4-6-8-20)29-28(31)40-26-18-39-27-23(26)13-14-38-27/h4-12,19,23-27H,13-18H2,1-3H3,(H,29,31)(H2,32,33,34)/t23-,24-,25+,26-,27+/m0/s1. The quantitative estimate of drug-likeness (QED) is 0.259. The molecule has 0 aromatic heterocycles. The molecular weight excluding hydrogens is 603 g/mol. The third-order valence-electron chi connectivity index (χ3n) is 7.22. The fraction of sp³-hybridized carbons (Fsp3) is 0.536. The van der Waals surface area contributed by atoms with Crippen LogP contribution in [0, 0.1) is 11.8 Å². The molecule has 13 nitrogen and oxygen atoms in total. The van der Waals surface area contributed by atoms with Crippen molar-refractivity contribution in [1.82, 2.24) is 9.62 Å². The van der Waals surface area contributed by atoms with Gasteiger partial charge in [-0.3, -0.25) is 4.52 Å². The molecular formula is C28H39N2O11PS. The SMILES string of the molecule is COc1ccc(S(=O)(=O)N(CC(C)C)C[C@@H](OP(=O)(O)O)[C@H](Cc2ccccc2)NC(=O)O[C@H]2CO[C@H]3OCC[C@H]32)cc1. The van der Waals surface area contributed by atoms with E-state index in [0.717, 1.165) is 4.31 Å². The van der Waals surface area contributed by atoms with Crippen molar-refractivity contribution in [1.29, 1.82) is 0 Å². The van der Waals surface area contributed by atoms with Crippen molar-refractivity contribution in [2.75, 3.05) is 33.4 Å². The highest BCUT2D eigenvalue weighted by atomic mass is 32.2. The number of hydrogen-bond donors (Lipinski definition) is 3. The summed E-state index contributed by atoms with van der Waals surface area (Å²) in [4.78, 5) is 32.9. The number of methoxy groups -OCH3 is 1. The minimum absolute atomic E-state index is 0.0143. The van der Waals surface area contributed by atoms with Crippen LogP contribution in [0.25, 0.3) is 0 Å². The van der Waals surface area contributed by atoms with Crippen LogP contribution in [-0.2, 0) is 39.7 Å². The van der Waals surface area contributed by atoms with Crippen molar-refractivity contribution in [3.05, 3.63) is 60.2 Å². The van der Waals surface area contributed by atoms with E-state index in [1.807, 2.05) is 13.8 Å². The number of phosphoric ester groups is 1. The lowest BCUT2D eigenvalue weighted by Crippen LogP contribution is -2.52. The molecule has 0 bridgehead atoms. The van der Waals surface area contributed by atoms with E-state index < -0.39 is 55.0 Å². The maximum atomic E-state index is 13.8. The number of fused-ring (bicyclic) bond motifs is 1. The van der Waals surface area contributed by atoms with Crippen molar-refractivity contribution >= 4 is 23.9 Å². The molecule has 0 unspecified atom stereocenters. The van der Waals surface area contributed by atoms with Crippen molar-refractivity contribution in [2.24, 2.45) is 11.8 Å². The number of nitrogens with zero attached hydrogens (tertiary/aromatic N) is 1. The predicted octanol–water partition coefficient (Wildman–Crippen LogP) is 2.92. The van der Waals surface area contributed by atoms with Gasteiger partial charge in [0, 0.05) is 13.1 Å². The van der Waals surface area contributed by atoms with Crippen LogP contribution in [-0.4, -0.2) is 86.6 Å². The summed E-state index contributed by atoms with van der Waals surface area (Å²) in [5, 5.41) is 2.70. The minimum atomic E-state index is -5.16. The first-order chi connectivity index (χ1) is 20.4. The number of ether oxygens (including phenoxy) is 4. The van der Waals surface area contributed by atoms with Crippen LogP contribution in [0.5, 0.6) is 5.75 Å². The highest BCUT2D eigenvalue weighted by Crippen LogP contribution is 2.39. The van der Waals surface area contributed by atoms with Gasteiger partial charge in [0.1, 0.15) is 18.0 Å². The Balaban J connectivity index is 1.63. The molecule has 0 aliphatic carbocycles. The third-order valence-corrected chi connectivity index (χ3v) is 9.61. The molecule has 1 amide bonds. The number of alkyl carbamates (subject to hydrolysis) is 1. The van der Waals surface area contributed by atoms with Crippen LogP contribution in [0.1, 0.15) is 25.8 Å². The van der Waals surface area contributed by atoms with Gasteiger partial charge in [-0.15, -0.1) is 0 Å². The normalized spacial score (nSPS) is 21.9. The topological polar surface area (TPSA) is 170 Å². The molecule has 5 atom stereocenters. The van der Waals surface area contributed by atoms with E-state index in [4.69, 9.17) is 23.5 Å². The second-order valence-corrected chi connectivity index (χ2v) is 14.1. The molecule has 2 saturated heterocycles. The lowest BCUT2D eigenvalue weighted by Gasteiger charge is -2.33. The monoisotopic (exact) mass is 642 g/mol. The van der Waals surface area contributed by atoms with E-state index >= 15 is 0 Å². The second kappa shape index (κ2) is 14.5. The molecule has 2 aliphatic heterocycles. The Kier molecular flexibility index (Phi) is 11.2. The Bertz CT molecular complexity index is 1350. The summed E-state index contributed by atoms with van der Waals surface area (Å²) in [5.41, 5.74) is 0.717. The van der Waals surface area contributed by atoms with Crippen molar-refractivity contribution in [3.8, 4) is 5.75 Å². The van der Waals surface area contributed by atoms with E-state index in [1.54, 1.807) is 30.3 Å². The number of hydrogen-bond acceptors (Lipinski definition) is 9. The Morgan fingerprint density at radius 3 is 2.42 bits per heavy atom. The minimum Gasteiger partial charge on any atom is -0.497 e.